The standard InChI is InChI=1S/C13H18N2O3/c1-4-13(7(2)3)12(18)8-5-10(16)11(17)6-9(8)14-15-13/h5-7,14-17H,4H2,1-3H3. The molecule has 1 unspecified atom stereocenters. The first-order chi connectivity index (χ1) is 8.42. The SMILES string of the molecule is CCC1(C(C)C)NNc2cc(O)c(O)cc2C1=O. The molecule has 0 fully saturated rings. The summed E-state index contributed by atoms with van der Waals surface area (Å²) in [6, 6.07) is 2.66. The summed E-state index contributed by atoms with van der Waals surface area (Å²) in [5.41, 5.74) is 6.19. The van der Waals surface area contributed by atoms with Crippen LogP contribution >= 0.6 is 0 Å². The van der Waals surface area contributed by atoms with Gasteiger partial charge in [-0.1, -0.05) is 20.8 Å². The second-order valence-electron chi connectivity index (χ2n) is 4.95. The van der Waals surface area contributed by atoms with Crippen LogP contribution in [0.5, 0.6) is 11.5 Å². The van der Waals surface area contributed by atoms with Crippen LogP contribution in [0.2, 0.25) is 0 Å². The quantitative estimate of drug-likeness (QED) is 0.477. The van der Waals surface area contributed by atoms with Gasteiger partial charge >= 0.3 is 0 Å². The van der Waals surface area contributed by atoms with E-state index in [0.29, 0.717) is 17.7 Å². The molecular formula is C13H18N2O3. The third-order valence-corrected chi connectivity index (χ3v) is 3.73. The number of hydrogen-bond acceptors (Lipinski definition) is 5. The van der Waals surface area contributed by atoms with Crippen molar-refractivity contribution in [3.05, 3.63) is 17.7 Å². The van der Waals surface area contributed by atoms with Crippen LogP contribution in [-0.4, -0.2) is 21.5 Å². The van der Waals surface area contributed by atoms with E-state index >= 15 is 0 Å². The van der Waals surface area contributed by atoms with Crippen molar-refractivity contribution in [1.82, 2.24) is 5.43 Å². The highest BCUT2D eigenvalue weighted by molar-refractivity contribution is 6.09. The predicted octanol–water partition coefficient (Wildman–Crippen LogP) is 2.02. The summed E-state index contributed by atoms with van der Waals surface area (Å²) in [5.74, 6) is -0.486. The summed E-state index contributed by atoms with van der Waals surface area (Å²) in [4.78, 5) is 12.6. The maximum Gasteiger partial charge on any atom is 0.187 e. The van der Waals surface area contributed by atoms with Gasteiger partial charge < -0.3 is 15.6 Å². The van der Waals surface area contributed by atoms with Gasteiger partial charge in [0, 0.05) is 11.6 Å². The van der Waals surface area contributed by atoms with Gasteiger partial charge in [-0.15, -0.1) is 0 Å². The largest absolute Gasteiger partial charge is 0.504 e. The number of carbonyl (C=O) groups excluding carboxylic acids is 1. The molecule has 0 aliphatic carbocycles. The lowest BCUT2D eigenvalue weighted by molar-refractivity contribution is 0.0780. The van der Waals surface area contributed by atoms with Crippen molar-refractivity contribution in [2.75, 3.05) is 5.43 Å². The summed E-state index contributed by atoms with van der Waals surface area (Å²) < 4.78 is 0. The molecule has 1 aromatic carbocycles. The molecule has 5 heteroatoms. The van der Waals surface area contributed by atoms with Crippen LogP contribution in [-0.2, 0) is 0 Å². The minimum absolute atomic E-state index is 0.0657. The van der Waals surface area contributed by atoms with Gasteiger partial charge in [-0.05, 0) is 18.4 Å². The minimum atomic E-state index is -0.684. The molecule has 1 heterocycles. The molecule has 0 saturated carbocycles. The molecule has 98 valence electrons. The number of Topliss-reactive ketones (excluding diaryl/α,β-unsaturated/α-hetero) is 1. The van der Waals surface area contributed by atoms with Crippen LogP contribution < -0.4 is 10.9 Å². The number of phenols is 2. The van der Waals surface area contributed by atoms with E-state index in [2.05, 4.69) is 10.9 Å². The molecule has 0 spiro atoms. The maximum absolute atomic E-state index is 12.6. The summed E-state index contributed by atoms with van der Waals surface area (Å²) in [6.45, 7) is 5.89. The molecule has 0 aromatic heterocycles. The van der Waals surface area contributed by atoms with Crippen LogP contribution in [0.1, 0.15) is 37.6 Å². The van der Waals surface area contributed by atoms with E-state index < -0.39 is 5.54 Å². The van der Waals surface area contributed by atoms with E-state index in [1.807, 2.05) is 20.8 Å². The van der Waals surface area contributed by atoms with Crippen LogP contribution in [0.25, 0.3) is 0 Å². The Morgan fingerprint density at radius 3 is 2.44 bits per heavy atom. The Kier molecular flexibility index (Phi) is 2.94. The Morgan fingerprint density at radius 1 is 1.28 bits per heavy atom. The van der Waals surface area contributed by atoms with Gasteiger partial charge in [0.05, 0.1) is 5.69 Å². The molecule has 0 radical (unpaired) electrons. The number of fused-ring (bicyclic) bond motifs is 1. The average molecular weight is 250 g/mol. The zero-order valence-corrected chi connectivity index (χ0v) is 10.7. The van der Waals surface area contributed by atoms with Crippen LogP contribution in [0.4, 0.5) is 5.69 Å². The summed E-state index contributed by atoms with van der Waals surface area (Å²) >= 11 is 0. The topological polar surface area (TPSA) is 81.6 Å². The van der Waals surface area contributed by atoms with Crippen molar-refractivity contribution < 1.29 is 15.0 Å². The lowest BCUT2D eigenvalue weighted by Gasteiger charge is -2.40. The number of benzene rings is 1. The van der Waals surface area contributed by atoms with E-state index in [4.69, 9.17) is 0 Å². The zero-order chi connectivity index (χ0) is 13.5. The molecular weight excluding hydrogens is 232 g/mol. The molecule has 1 aliphatic rings. The number of anilines is 1. The van der Waals surface area contributed by atoms with Gasteiger partial charge in [-0.2, -0.15) is 0 Å². The number of aromatic hydroxyl groups is 2. The summed E-state index contributed by atoms with van der Waals surface area (Å²) in [7, 11) is 0. The molecule has 18 heavy (non-hydrogen) atoms. The molecule has 0 saturated heterocycles. The van der Waals surface area contributed by atoms with E-state index in [-0.39, 0.29) is 23.2 Å². The third-order valence-electron chi connectivity index (χ3n) is 3.73. The highest BCUT2D eigenvalue weighted by atomic mass is 16.3. The fraction of sp³-hybridized carbons (Fsp3) is 0.462. The fourth-order valence-electron chi connectivity index (χ4n) is 2.41. The van der Waals surface area contributed by atoms with Gasteiger partial charge in [0.1, 0.15) is 5.54 Å². The normalized spacial score (nSPS) is 22.8. The number of ketones is 1. The van der Waals surface area contributed by atoms with Crippen molar-refractivity contribution in [3.63, 3.8) is 0 Å². The number of rotatable bonds is 2. The van der Waals surface area contributed by atoms with Gasteiger partial charge in [-0.25, -0.2) is 5.43 Å². The van der Waals surface area contributed by atoms with E-state index in [9.17, 15) is 15.0 Å². The molecule has 0 amide bonds. The Balaban J connectivity index is 2.54. The third kappa shape index (κ3) is 1.62. The maximum atomic E-state index is 12.6. The smallest absolute Gasteiger partial charge is 0.187 e. The second kappa shape index (κ2) is 4.17. The lowest BCUT2D eigenvalue weighted by atomic mass is 9.76. The Hall–Kier alpha value is -1.75. The number of nitrogens with one attached hydrogen (secondary N) is 2. The van der Waals surface area contributed by atoms with E-state index in [0.717, 1.165) is 0 Å². The van der Waals surface area contributed by atoms with Crippen LogP contribution in [0, 0.1) is 5.92 Å². The van der Waals surface area contributed by atoms with Crippen molar-refractivity contribution >= 4 is 11.5 Å². The number of hydrazine groups is 1. The molecule has 4 N–H and O–H groups in total. The number of phenolic OH excluding ortho intramolecular Hbond substituents is 2. The number of hydrogen-bond donors (Lipinski definition) is 4. The summed E-state index contributed by atoms with van der Waals surface area (Å²) in [6.07, 6.45) is 0.636. The molecule has 1 aliphatic heterocycles. The van der Waals surface area contributed by atoms with Crippen molar-refractivity contribution in [2.24, 2.45) is 5.92 Å². The van der Waals surface area contributed by atoms with Crippen molar-refractivity contribution in [2.45, 2.75) is 32.7 Å². The highest BCUT2D eigenvalue weighted by Crippen LogP contribution is 2.38. The lowest BCUT2D eigenvalue weighted by Crippen LogP contribution is -2.60. The van der Waals surface area contributed by atoms with Gasteiger partial charge in [-0.3, -0.25) is 4.79 Å². The fourth-order valence-corrected chi connectivity index (χ4v) is 2.41. The molecule has 5 nitrogen and oxygen atoms in total. The Bertz CT molecular complexity index is 499. The van der Waals surface area contributed by atoms with E-state index in [1.165, 1.54) is 12.1 Å². The molecule has 1 atom stereocenters. The Labute approximate surface area is 106 Å². The first-order valence-corrected chi connectivity index (χ1v) is 6.06. The highest BCUT2D eigenvalue weighted by Gasteiger charge is 2.44. The average Bonchev–Trinajstić information content (AvgIpc) is 2.32. The zero-order valence-electron chi connectivity index (χ0n) is 10.7. The van der Waals surface area contributed by atoms with Gasteiger partial charge in [0.2, 0.25) is 0 Å². The number of carbonyl (C=O) groups is 1. The summed E-state index contributed by atoms with van der Waals surface area (Å²) in [5, 5.41) is 19.0. The van der Waals surface area contributed by atoms with Crippen molar-refractivity contribution in [3.8, 4) is 11.5 Å². The molecule has 0 bridgehead atoms. The molecule has 2 rings (SSSR count). The van der Waals surface area contributed by atoms with Crippen LogP contribution in [0.15, 0.2) is 12.1 Å². The first-order valence-electron chi connectivity index (χ1n) is 6.06. The monoisotopic (exact) mass is 250 g/mol. The Morgan fingerprint density at radius 2 is 1.89 bits per heavy atom. The predicted molar refractivity (Wildman–Crippen MR) is 68.7 cm³/mol. The van der Waals surface area contributed by atoms with Crippen molar-refractivity contribution in [1.29, 1.82) is 0 Å². The van der Waals surface area contributed by atoms with Gasteiger partial charge in [0.15, 0.2) is 17.3 Å². The second-order valence-corrected chi connectivity index (χ2v) is 4.95. The molecule has 1 aromatic rings. The van der Waals surface area contributed by atoms with E-state index in [1.54, 1.807) is 0 Å². The first kappa shape index (κ1) is 12.7. The minimum Gasteiger partial charge on any atom is -0.504 e. The van der Waals surface area contributed by atoms with Crippen LogP contribution in [0.3, 0.4) is 0 Å². The van der Waals surface area contributed by atoms with Gasteiger partial charge in [0.25, 0.3) is 0 Å².